The third-order valence-corrected chi connectivity index (χ3v) is 3.16. The zero-order chi connectivity index (χ0) is 15.4. The van der Waals surface area contributed by atoms with Crippen LogP contribution in [0.4, 0.5) is 17.3 Å². The number of nitrogens with two attached hydrogens (primary N) is 6. The minimum Gasteiger partial charge on any atom is -0.399 e. The minimum absolute atomic E-state index is 0.0801. The van der Waals surface area contributed by atoms with Crippen LogP contribution in [0.5, 0.6) is 0 Å². The van der Waals surface area contributed by atoms with Gasteiger partial charge in [0.05, 0.1) is 11.7 Å². The van der Waals surface area contributed by atoms with Crippen LogP contribution in [0.25, 0.3) is 0 Å². The summed E-state index contributed by atoms with van der Waals surface area (Å²) in [5.41, 5.74) is 29.2. The molecule has 114 valence electrons. The van der Waals surface area contributed by atoms with E-state index in [0.29, 0.717) is 18.1 Å². The number of aromatic nitrogens is 2. The fourth-order valence-corrected chi connectivity index (χ4v) is 1.79. The number of H-pyrrole nitrogens is 1. The van der Waals surface area contributed by atoms with E-state index in [2.05, 4.69) is 10.2 Å². The largest absolute Gasteiger partial charge is 0.399 e. The summed E-state index contributed by atoms with van der Waals surface area (Å²) in [6.45, 7) is 2.57. The van der Waals surface area contributed by atoms with E-state index in [1.807, 2.05) is 19.0 Å². The predicted octanol–water partition coefficient (Wildman–Crippen LogP) is -1.91. The van der Waals surface area contributed by atoms with Gasteiger partial charge in [-0.1, -0.05) is 0 Å². The van der Waals surface area contributed by atoms with E-state index in [0.717, 1.165) is 17.8 Å². The van der Waals surface area contributed by atoms with Gasteiger partial charge in [0.25, 0.3) is 0 Å². The van der Waals surface area contributed by atoms with Gasteiger partial charge in [-0.25, -0.2) is 5.84 Å². The Morgan fingerprint density at radius 2 is 1.85 bits per heavy atom. The summed E-state index contributed by atoms with van der Waals surface area (Å²) in [6.07, 6.45) is 0.778. The van der Waals surface area contributed by atoms with E-state index in [-0.39, 0.29) is 11.9 Å². The van der Waals surface area contributed by atoms with Crippen LogP contribution in [0.2, 0.25) is 0 Å². The number of nitrogens with one attached hydrogen (secondary N) is 1. The first-order valence-electron chi connectivity index (χ1n) is 6.12. The number of anilines is 3. The van der Waals surface area contributed by atoms with Crippen LogP contribution in [-0.2, 0) is 0 Å². The highest BCUT2D eigenvalue weighted by Gasteiger charge is 2.29. The summed E-state index contributed by atoms with van der Waals surface area (Å²) >= 11 is 0. The summed E-state index contributed by atoms with van der Waals surface area (Å²) < 4.78 is 0. The van der Waals surface area contributed by atoms with Crippen molar-refractivity contribution >= 4 is 17.3 Å². The van der Waals surface area contributed by atoms with Crippen molar-refractivity contribution in [2.45, 2.75) is 19.4 Å². The summed E-state index contributed by atoms with van der Waals surface area (Å²) in [6, 6.07) is 0.0801. The standard InChI is InChI=1S/C7H17N5.C3H7N5/c1-5-7(9)6(3-4-8)11(2)12(5)10;4-1-2(5)7-8-3(1)6/h5H,3-4,8-10H2,1-2H3;4H2,(H5,5,6,7,8). The molecule has 1 unspecified atom stereocenters. The molecule has 0 saturated carbocycles. The van der Waals surface area contributed by atoms with Crippen molar-refractivity contribution in [1.29, 1.82) is 0 Å². The minimum atomic E-state index is 0.0801. The van der Waals surface area contributed by atoms with Gasteiger partial charge in [-0.15, -0.1) is 0 Å². The van der Waals surface area contributed by atoms with Crippen molar-refractivity contribution in [3.8, 4) is 0 Å². The summed E-state index contributed by atoms with van der Waals surface area (Å²) in [4.78, 5) is 0. The molecule has 0 radical (unpaired) electrons. The molecule has 2 rings (SSSR count). The quantitative estimate of drug-likeness (QED) is 0.303. The molecule has 20 heavy (non-hydrogen) atoms. The molecule has 0 aliphatic carbocycles. The maximum Gasteiger partial charge on any atom is 0.170 e. The zero-order valence-corrected chi connectivity index (χ0v) is 11.8. The molecule has 0 amide bonds. The lowest BCUT2D eigenvalue weighted by molar-refractivity contribution is 0.0318. The lowest BCUT2D eigenvalue weighted by Crippen LogP contribution is -2.45. The average molecular weight is 284 g/mol. The molecule has 1 aromatic heterocycles. The Morgan fingerprint density at radius 3 is 2.10 bits per heavy atom. The van der Waals surface area contributed by atoms with Gasteiger partial charge < -0.3 is 28.7 Å². The average Bonchev–Trinajstić information content (AvgIpc) is 2.81. The summed E-state index contributed by atoms with van der Waals surface area (Å²) in [5, 5.41) is 9.40. The molecule has 0 fully saturated rings. The van der Waals surface area contributed by atoms with Crippen LogP contribution < -0.4 is 34.5 Å². The van der Waals surface area contributed by atoms with Gasteiger partial charge >= 0.3 is 0 Å². The number of hydrazine groups is 2. The van der Waals surface area contributed by atoms with Crippen molar-refractivity contribution in [3.05, 3.63) is 11.4 Å². The van der Waals surface area contributed by atoms with Crippen LogP contribution >= 0.6 is 0 Å². The Bertz CT molecular complexity index is 459. The zero-order valence-electron chi connectivity index (χ0n) is 11.8. The van der Waals surface area contributed by atoms with Crippen LogP contribution in [0.3, 0.4) is 0 Å². The van der Waals surface area contributed by atoms with Crippen LogP contribution in [0.15, 0.2) is 11.4 Å². The van der Waals surface area contributed by atoms with E-state index in [1.54, 1.807) is 5.12 Å². The fourth-order valence-electron chi connectivity index (χ4n) is 1.79. The molecular weight excluding hydrogens is 260 g/mol. The number of hydrogen-bond donors (Lipinski definition) is 7. The maximum atomic E-state index is 5.85. The Morgan fingerprint density at radius 1 is 1.25 bits per heavy atom. The number of aromatic amines is 1. The molecule has 10 nitrogen and oxygen atoms in total. The number of rotatable bonds is 2. The molecule has 1 atom stereocenters. The smallest absolute Gasteiger partial charge is 0.170 e. The molecule has 0 aromatic carbocycles. The van der Waals surface area contributed by atoms with Crippen LogP contribution in [-0.4, -0.2) is 40.0 Å². The topological polar surface area (TPSA) is 191 Å². The van der Waals surface area contributed by atoms with Gasteiger partial charge in [0.15, 0.2) is 5.82 Å². The van der Waals surface area contributed by atoms with Crippen LogP contribution in [0.1, 0.15) is 13.3 Å². The summed E-state index contributed by atoms with van der Waals surface area (Å²) in [7, 11) is 1.89. The highest BCUT2D eigenvalue weighted by atomic mass is 15.8. The second kappa shape index (κ2) is 6.32. The van der Waals surface area contributed by atoms with Gasteiger partial charge in [0.2, 0.25) is 0 Å². The molecule has 13 N–H and O–H groups in total. The molecule has 1 aromatic rings. The molecule has 0 saturated heterocycles. The Labute approximate surface area is 117 Å². The fraction of sp³-hybridized carbons (Fsp3) is 0.500. The summed E-state index contributed by atoms with van der Waals surface area (Å²) in [5.74, 6) is 6.30. The van der Waals surface area contributed by atoms with Crippen molar-refractivity contribution in [3.63, 3.8) is 0 Å². The molecule has 2 heterocycles. The first-order chi connectivity index (χ1) is 9.31. The second-order valence-electron chi connectivity index (χ2n) is 4.46. The highest BCUT2D eigenvalue weighted by molar-refractivity contribution is 5.70. The normalized spacial score (nSPS) is 19.2. The van der Waals surface area contributed by atoms with Crippen molar-refractivity contribution in [2.75, 3.05) is 30.8 Å². The van der Waals surface area contributed by atoms with Gasteiger partial charge in [0, 0.05) is 19.2 Å². The van der Waals surface area contributed by atoms with Gasteiger partial charge in [-0.2, -0.15) is 10.2 Å². The van der Waals surface area contributed by atoms with Crippen LogP contribution in [0, 0.1) is 0 Å². The lowest BCUT2D eigenvalue weighted by Gasteiger charge is -2.26. The van der Waals surface area contributed by atoms with E-state index >= 15 is 0 Å². The maximum absolute atomic E-state index is 5.85. The van der Waals surface area contributed by atoms with E-state index in [1.165, 1.54) is 0 Å². The highest BCUT2D eigenvalue weighted by Crippen LogP contribution is 2.23. The van der Waals surface area contributed by atoms with Crippen molar-refractivity contribution in [1.82, 2.24) is 20.3 Å². The lowest BCUT2D eigenvalue weighted by atomic mass is 10.2. The van der Waals surface area contributed by atoms with E-state index in [9.17, 15) is 0 Å². The van der Waals surface area contributed by atoms with Crippen molar-refractivity contribution in [2.24, 2.45) is 17.3 Å². The third kappa shape index (κ3) is 3.04. The number of nitrogen functional groups attached to an aromatic ring is 3. The first kappa shape index (κ1) is 15.9. The molecule has 1 aliphatic rings. The second-order valence-corrected chi connectivity index (χ2v) is 4.46. The third-order valence-electron chi connectivity index (χ3n) is 3.16. The number of hydrogen-bond acceptors (Lipinski definition) is 9. The first-order valence-corrected chi connectivity index (χ1v) is 6.12. The van der Waals surface area contributed by atoms with Gasteiger partial charge in [0.1, 0.15) is 11.5 Å². The Hall–Kier alpha value is -2.17. The van der Waals surface area contributed by atoms with Crippen molar-refractivity contribution < 1.29 is 0 Å². The molecular formula is C10H24N10. The van der Waals surface area contributed by atoms with Gasteiger partial charge in [-0.3, -0.25) is 10.1 Å². The molecule has 10 heteroatoms. The monoisotopic (exact) mass is 284 g/mol. The molecule has 1 aliphatic heterocycles. The number of nitrogens with zero attached hydrogens (tertiary/aromatic N) is 3. The Balaban J connectivity index is 0.000000217. The Kier molecular flexibility index (Phi) is 5.02. The SMILES string of the molecule is CC1C(N)=C(CCN)N(C)N1N.Nc1n[nH]c(N)c1N. The molecule has 0 bridgehead atoms. The van der Waals surface area contributed by atoms with E-state index in [4.69, 9.17) is 34.5 Å². The van der Waals surface area contributed by atoms with E-state index < -0.39 is 0 Å². The van der Waals surface area contributed by atoms with Gasteiger partial charge in [-0.05, 0) is 13.5 Å². The predicted molar refractivity (Wildman–Crippen MR) is 80.0 cm³/mol. The molecule has 0 spiro atoms.